The van der Waals surface area contributed by atoms with Gasteiger partial charge in [-0.3, -0.25) is 4.79 Å². The van der Waals surface area contributed by atoms with Gasteiger partial charge in [-0.05, 0) is 25.3 Å². The second-order valence-electron chi connectivity index (χ2n) is 6.84. The van der Waals surface area contributed by atoms with Gasteiger partial charge < -0.3 is 9.64 Å². The number of amides is 1. The largest absolute Gasteiger partial charge is 0.367 e. The van der Waals surface area contributed by atoms with Crippen LogP contribution in [0.25, 0.3) is 0 Å². The molecule has 1 aliphatic carbocycles. The van der Waals surface area contributed by atoms with Crippen molar-refractivity contribution >= 4 is 5.91 Å². The van der Waals surface area contributed by atoms with Gasteiger partial charge in [0.15, 0.2) is 0 Å². The summed E-state index contributed by atoms with van der Waals surface area (Å²) in [7, 11) is 0. The molecule has 3 nitrogen and oxygen atoms in total. The summed E-state index contributed by atoms with van der Waals surface area (Å²) in [5.41, 5.74) is 1.66. The lowest BCUT2D eigenvalue weighted by atomic mass is 9.66. The Labute approximate surface area is 126 Å². The fourth-order valence-electron chi connectivity index (χ4n) is 3.59. The van der Waals surface area contributed by atoms with Crippen LogP contribution in [0, 0.1) is 5.41 Å². The Balaban J connectivity index is 1.77. The fraction of sp³-hybridized carbons (Fsp3) is 0.500. The van der Waals surface area contributed by atoms with Crippen LogP contribution < -0.4 is 0 Å². The van der Waals surface area contributed by atoms with E-state index in [0.717, 1.165) is 18.4 Å². The summed E-state index contributed by atoms with van der Waals surface area (Å²) in [5.74, 6) is 0.250. The molecule has 1 saturated carbocycles. The maximum Gasteiger partial charge on any atom is 0.229 e. The molecular weight excluding hydrogens is 262 g/mol. The molecule has 0 N–H and O–H groups in total. The molecule has 3 heteroatoms. The van der Waals surface area contributed by atoms with Gasteiger partial charge in [0, 0.05) is 6.54 Å². The van der Waals surface area contributed by atoms with Gasteiger partial charge in [0.2, 0.25) is 5.91 Å². The van der Waals surface area contributed by atoms with Crippen LogP contribution in [-0.2, 0) is 15.1 Å². The van der Waals surface area contributed by atoms with Crippen molar-refractivity contribution in [2.24, 2.45) is 5.41 Å². The monoisotopic (exact) mass is 285 g/mol. The summed E-state index contributed by atoms with van der Waals surface area (Å²) >= 11 is 0. The molecule has 1 amide bonds. The predicted octanol–water partition coefficient (Wildman–Crippen LogP) is 3.12. The molecule has 1 unspecified atom stereocenters. The molecule has 2 fully saturated rings. The zero-order chi connectivity index (χ0) is 15.1. The van der Waals surface area contributed by atoms with Gasteiger partial charge in [-0.15, -0.1) is 0 Å². The van der Waals surface area contributed by atoms with Crippen LogP contribution in [0.2, 0.25) is 0 Å². The van der Waals surface area contributed by atoms with Crippen LogP contribution in [0.5, 0.6) is 0 Å². The van der Waals surface area contributed by atoms with Crippen LogP contribution in [0.15, 0.2) is 42.5 Å². The Morgan fingerprint density at radius 2 is 1.90 bits per heavy atom. The van der Waals surface area contributed by atoms with Crippen molar-refractivity contribution in [1.29, 1.82) is 0 Å². The van der Waals surface area contributed by atoms with Gasteiger partial charge in [0.05, 0.1) is 18.6 Å². The van der Waals surface area contributed by atoms with Crippen molar-refractivity contribution in [3.63, 3.8) is 0 Å². The van der Waals surface area contributed by atoms with Gasteiger partial charge >= 0.3 is 0 Å². The number of carbonyl (C=O) groups is 1. The third kappa shape index (κ3) is 2.51. The second-order valence-corrected chi connectivity index (χ2v) is 6.84. The highest BCUT2D eigenvalue weighted by atomic mass is 16.5. The fourth-order valence-corrected chi connectivity index (χ4v) is 3.59. The summed E-state index contributed by atoms with van der Waals surface area (Å²) in [5, 5.41) is 0. The molecule has 21 heavy (non-hydrogen) atoms. The standard InChI is InChI=1S/C18H23NO2/c1-14-11-17(2,12-14)16(20)19-9-10-21-18(3,13-19)15-7-5-4-6-8-15/h4-8H,1,9-13H2,2-3H3. The quantitative estimate of drug-likeness (QED) is 0.781. The maximum absolute atomic E-state index is 12.8. The molecule has 1 aromatic carbocycles. The Bertz CT molecular complexity index is 558. The van der Waals surface area contributed by atoms with Gasteiger partial charge in [-0.1, -0.05) is 49.4 Å². The normalized spacial score (nSPS) is 28.1. The zero-order valence-electron chi connectivity index (χ0n) is 12.9. The molecule has 0 bridgehead atoms. The summed E-state index contributed by atoms with van der Waals surface area (Å²) in [4.78, 5) is 14.8. The molecule has 1 aliphatic heterocycles. The number of ether oxygens (including phenoxy) is 1. The number of carbonyl (C=O) groups excluding carboxylic acids is 1. The minimum Gasteiger partial charge on any atom is -0.367 e. The van der Waals surface area contributed by atoms with Crippen LogP contribution in [0.3, 0.4) is 0 Å². The average Bonchev–Trinajstić information content (AvgIpc) is 2.46. The van der Waals surface area contributed by atoms with Crippen molar-refractivity contribution in [2.45, 2.75) is 32.3 Å². The highest BCUT2D eigenvalue weighted by Gasteiger charge is 2.46. The highest BCUT2D eigenvalue weighted by molar-refractivity contribution is 5.84. The van der Waals surface area contributed by atoms with Crippen LogP contribution in [0.1, 0.15) is 32.3 Å². The van der Waals surface area contributed by atoms with Crippen LogP contribution in [0.4, 0.5) is 0 Å². The lowest BCUT2D eigenvalue weighted by Gasteiger charge is -2.47. The molecule has 112 valence electrons. The first-order chi connectivity index (χ1) is 9.93. The molecule has 1 saturated heterocycles. The third-order valence-corrected chi connectivity index (χ3v) is 4.74. The first-order valence-electron chi connectivity index (χ1n) is 7.58. The molecule has 1 atom stereocenters. The summed E-state index contributed by atoms with van der Waals surface area (Å²) in [6.45, 7) is 9.99. The minimum absolute atomic E-state index is 0.244. The second kappa shape index (κ2) is 4.99. The van der Waals surface area contributed by atoms with E-state index in [-0.39, 0.29) is 11.3 Å². The van der Waals surface area contributed by atoms with Crippen molar-refractivity contribution in [1.82, 2.24) is 4.90 Å². The Morgan fingerprint density at radius 3 is 2.52 bits per heavy atom. The first kappa shape index (κ1) is 14.3. The number of benzene rings is 1. The van der Waals surface area contributed by atoms with Gasteiger partial charge in [-0.25, -0.2) is 0 Å². The SMILES string of the molecule is C=C1CC(C)(C(=O)N2CCOC(C)(c3ccccc3)C2)C1. The van der Waals surface area contributed by atoms with Crippen LogP contribution >= 0.6 is 0 Å². The van der Waals surface area contributed by atoms with E-state index in [1.165, 1.54) is 5.57 Å². The van der Waals surface area contributed by atoms with E-state index in [2.05, 4.69) is 32.6 Å². The number of nitrogens with zero attached hydrogens (tertiary/aromatic N) is 1. The Kier molecular flexibility index (Phi) is 3.40. The Morgan fingerprint density at radius 1 is 1.24 bits per heavy atom. The molecule has 1 heterocycles. The molecule has 1 aromatic rings. The number of allylic oxidation sites excluding steroid dienone is 1. The lowest BCUT2D eigenvalue weighted by Crippen LogP contribution is -2.55. The van der Waals surface area contributed by atoms with E-state index in [1.807, 2.05) is 23.1 Å². The van der Waals surface area contributed by atoms with E-state index in [1.54, 1.807) is 0 Å². The van der Waals surface area contributed by atoms with E-state index in [9.17, 15) is 4.79 Å². The number of rotatable bonds is 2. The van der Waals surface area contributed by atoms with Gasteiger partial charge in [-0.2, -0.15) is 0 Å². The predicted molar refractivity (Wildman–Crippen MR) is 82.8 cm³/mol. The number of morpholine rings is 1. The molecular formula is C18H23NO2. The van der Waals surface area contributed by atoms with E-state index in [0.29, 0.717) is 19.7 Å². The lowest BCUT2D eigenvalue weighted by molar-refractivity contribution is -0.160. The molecule has 3 rings (SSSR count). The van der Waals surface area contributed by atoms with Crippen molar-refractivity contribution in [3.8, 4) is 0 Å². The summed E-state index contributed by atoms with van der Waals surface area (Å²) < 4.78 is 6.01. The molecule has 0 spiro atoms. The molecule has 0 aromatic heterocycles. The third-order valence-electron chi connectivity index (χ3n) is 4.74. The minimum atomic E-state index is -0.410. The van der Waals surface area contributed by atoms with E-state index in [4.69, 9.17) is 4.74 Å². The van der Waals surface area contributed by atoms with E-state index < -0.39 is 5.60 Å². The highest BCUT2D eigenvalue weighted by Crippen LogP contribution is 2.46. The maximum atomic E-state index is 12.8. The van der Waals surface area contributed by atoms with Crippen molar-refractivity contribution in [2.75, 3.05) is 19.7 Å². The van der Waals surface area contributed by atoms with Gasteiger partial charge in [0.25, 0.3) is 0 Å². The summed E-state index contributed by atoms with van der Waals surface area (Å²) in [6.07, 6.45) is 1.65. The average molecular weight is 285 g/mol. The number of hydrogen-bond donors (Lipinski definition) is 0. The smallest absolute Gasteiger partial charge is 0.229 e. The van der Waals surface area contributed by atoms with Crippen LogP contribution in [-0.4, -0.2) is 30.5 Å². The Hall–Kier alpha value is -1.61. The van der Waals surface area contributed by atoms with Crippen molar-refractivity contribution < 1.29 is 9.53 Å². The molecule has 0 radical (unpaired) electrons. The zero-order valence-corrected chi connectivity index (χ0v) is 12.9. The summed E-state index contributed by atoms with van der Waals surface area (Å²) in [6, 6.07) is 10.2. The van der Waals surface area contributed by atoms with Gasteiger partial charge in [0.1, 0.15) is 5.60 Å². The number of hydrogen-bond acceptors (Lipinski definition) is 2. The topological polar surface area (TPSA) is 29.5 Å². The molecule has 2 aliphatic rings. The first-order valence-corrected chi connectivity index (χ1v) is 7.58. The van der Waals surface area contributed by atoms with E-state index >= 15 is 0 Å². The van der Waals surface area contributed by atoms with Crippen molar-refractivity contribution in [3.05, 3.63) is 48.0 Å².